The maximum Gasteiger partial charge on any atom is 0.255 e. The van der Waals surface area contributed by atoms with E-state index in [9.17, 15) is 9.59 Å². The highest BCUT2D eigenvalue weighted by Crippen LogP contribution is 2.32. The van der Waals surface area contributed by atoms with Gasteiger partial charge >= 0.3 is 0 Å². The molecule has 204 valence electrons. The highest BCUT2D eigenvalue weighted by Gasteiger charge is 2.32. The van der Waals surface area contributed by atoms with Gasteiger partial charge in [-0.3, -0.25) is 19.1 Å². The van der Waals surface area contributed by atoms with Gasteiger partial charge in [-0.25, -0.2) is 9.97 Å². The predicted molar refractivity (Wildman–Crippen MR) is 144 cm³/mol. The highest BCUT2D eigenvalue weighted by molar-refractivity contribution is 5.94. The fourth-order valence-corrected chi connectivity index (χ4v) is 4.92. The Hall–Kier alpha value is -5.00. The normalized spacial score (nSPS) is 16.1. The minimum Gasteiger partial charge on any atom is -0.454 e. The first-order valence-corrected chi connectivity index (χ1v) is 13.1. The average molecular weight is 541 g/mol. The molecule has 3 aromatic heterocycles. The second kappa shape index (κ2) is 11.4. The van der Waals surface area contributed by atoms with E-state index in [0.717, 1.165) is 17.1 Å². The molecule has 1 unspecified atom stereocenters. The molecule has 0 spiro atoms. The van der Waals surface area contributed by atoms with Crippen molar-refractivity contribution in [3.8, 4) is 17.4 Å². The number of hydrogen-bond donors (Lipinski definition) is 1. The molecule has 6 rings (SSSR count). The fraction of sp³-hybridized carbons (Fsp3) is 0.286. The van der Waals surface area contributed by atoms with E-state index in [1.54, 1.807) is 58.9 Å². The van der Waals surface area contributed by atoms with Gasteiger partial charge in [-0.2, -0.15) is 4.98 Å². The lowest BCUT2D eigenvalue weighted by Crippen LogP contribution is -2.56. The smallest absolute Gasteiger partial charge is 0.255 e. The summed E-state index contributed by atoms with van der Waals surface area (Å²) in [5, 5.41) is 3.03. The topological polar surface area (TPSA) is 128 Å². The molecule has 1 aromatic carbocycles. The summed E-state index contributed by atoms with van der Waals surface area (Å²) in [5.41, 5.74) is 1.57. The first-order chi connectivity index (χ1) is 19.6. The van der Waals surface area contributed by atoms with Gasteiger partial charge in [0.05, 0.1) is 11.6 Å². The third-order valence-electron chi connectivity index (χ3n) is 6.93. The number of hydrogen-bond acceptors (Lipinski definition) is 9. The van der Waals surface area contributed by atoms with Gasteiger partial charge in [0.25, 0.3) is 5.91 Å². The van der Waals surface area contributed by atoms with Gasteiger partial charge in [0.2, 0.25) is 18.6 Å². The van der Waals surface area contributed by atoms with Gasteiger partial charge in [0.1, 0.15) is 12.1 Å². The predicted octanol–water partition coefficient (Wildman–Crippen LogP) is 1.87. The molecule has 2 aliphatic heterocycles. The minimum atomic E-state index is -0.287. The van der Waals surface area contributed by atoms with Crippen molar-refractivity contribution in [3.05, 3.63) is 84.8 Å². The van der Waals surface area contributed by atoms with Gasteiger partial charge in [-0.05, 0) is 42.3 Å². The maximum absolute atomic E-state index is 13.2. The number of piperazine rings is 1. The van der Waals surface area contributed by atoms with Crippen LogP contribution in [0.25, 0.3) is 5.95 Å². The number of aromatic nitrogens is 5. The van der Waals surface area contributed by atoms with Crippen molar-refractivity contribution in [3.63, 3.8) is 0 Å². The average Bonchev–Trinajstić information content (AvgIpc) is 3.70. The SMILES string of the molecule is O=C(CC1CN(C(=O)c2cccnc2)CCN1c1ccnc(-n2ccnc2)n1)NCCc1ccc2c(c1)OCO2. The van der Waals surface area contributed by atoms with Gasteiger partial charge in [0, 0.05) is 63.6 Å². The van der Waals surface area contributed by atoms with Crippen molar-refractivity contribution in [1.82, 2.24) is 34.7 Å². The maximum atomic E-state index is 13.2. The zero-order chi connectivity index (χ0) is 27.3. The van der Waals surface area contributed by atoms with Crippen molar-refractivity contribution in [2.24, 2.45) is 0 Å². The molecule has 0 radical (unpaired) electrons. The minimum absolute atomic E-state index is 0.102. The summed E-state index contributed by atoms with van der Waals surface area (Å²) in [5.74, 6) is 2.41. The van der Waals surface area contributed by atoms with Crippen LogP contribution in [0.3, 0.4) is 0 Å². The molecule has 12 nitrogen and oxygen atoms in total. The van der Waals surface area contributed by atoms with Gasteiger partial charge in [0.15, 0.2) is 11.5 Å². The standard InChI is InChI=1S/C28H28N8O4/c37-26(31-8-5-20-3-4-23-24(14-20)40-19-39-23)15-22-17-34(27(38)21-2-1-7-29-16-21)12-13-36(22)25-6-9-32-28(33-25)35-11-10-30-18-35/h1-4,6-7,9-11,14,16,18,22H,5,8,12-13,15,17,19H2,(H,31,37). The monoisotopic (exact) mass is 540 g/mol. The lowest BCUT2D eigenvalue weighted by molar-refractivity contribution is -0.121. The fourth-order valence-electron chi connectivity index (χ4n) is 4.92. The Kier molecular flexibility index (Phi) is 7.20. The molecule has 1 N–H and O–H groups in total. The number of ether oxygens (including phenoxy) is 2. The molecule has 1 saturated heterocycles. The number of pyridine rings is 1. The van der Waals surface area contributed by atoms with E-state index in [0.29, 0.717) is 49.9 Å². The Morgan fingerprint density at radius 1 is 1.02 bits per heavy atom. The Balaban J connectivity index is 1.15. The van der Waals surface area contributed by atoms with Crippen LogP contribution < -0.4 is 19.7 Å². The van der Waals surface area contributed by atoms with E-state index >= 15 is 0 Å². The molecule has 40 heavy (non-hydrogen) atoms. The molecule has 0 saturated carbocycles. The summed E-state index contributed by atoms with van der Waals surface area (Å²) >= 11 is 0. The molecule has 12 heteroatoms. The number of amides is 2. The van der Waals surface area contributed by atoms with Crippen molar-refractivity contribution >= 4 is 17.6 Å². The summed E-state index contributed by atoms with van der Waals surface area (Å²) in [6.07, 6.45) is 10.8. The largest absolute Gasteiger partial charge is 0.454 e. The van der Waals surface area contributed by atoms with Crippen LogP contribution in [-0.4, -0.2) is 80.2 Å². The van der Waals surface area contributed by atoms with Crippen LogP contribution in [0.2, 0.25) is 0 Å². The van der Waals surface area contributed by atoms with Crippen molar-refractivity contribution < 1.29 is 19.1 Å². The summed E-state index contributed by atoms with van der Waals surface area (Å²) in [7, 11) is 0. The number of fused-ring (bicyclic) bond motifs is 1. The molecule has 4 aromatic rings. The van der Waals surface area contributed by atoms with E-state index < -0.39 is 0 Å². The molecular formula is C28H28N8O4. The molecule has 0 bridgehead atoms. The highest BCUT2D eigenvalue weighted by atomic mass is 16.7. The third-order valence-corrected chi connectivity index (χ3v) is 6.93. The van der Waals surface area contributed by atoms with Crippen LogP contribution in [0.4, 0.5) is 5.82 Å². The summed E-state index contributed by atoms with van der Waals surface area (Å²) in [4.78, 5) is 47.4. The summed E-state index contributed by atoms with van der Waals surface area (Å²) in [6.45, 7) is 2.07. The Labute approximate surface area is 230 Å². The Morgan fingerprint density at radius 3 is 2.80 bits per heavy atom. The second-order valence-corrected chi connectivity index (χ2v) is 9.52. The molecule has 2 amide bonds. The van der Waals surface area contributed by atoms with Gasteiger partial charge < -0.3 is 24.6 Å². The number of benzene rings is 1. The molecular weight excluding hydrogens is 512 g/mol. The number of nitrogens with zero attached hydrogens (tertiary/aromatic N) is 7. The Bertz CT molecular complexity index is 1480. The van der Waals surface area contributed by atoms with Crippen LogP contribution >= 0.6 is 0 Å². The lowest BCUT2D eigenvalue weighted by Gasteiger charge is -2.42. The first kappa shape index (κ1) is 25.3. The number of rotatable bonds is 8. The van der Waals surface area contributed by atoms with Crippen LogP contribution in [0.1, 0.15) is 22.3 Å². The number of carbonyl (C=O) groups excluding carboxylic acids is 2. The number of carbonyl (C=O) groups is 2. The van der Waals surface area contributed by atoms with Crippen LogP contribution in [0.15, 0.2) is 73.7 Å². The second-order valence-electron chi connectivity index (χ2n) is 9.52. The molecule has 1 atom stereocenters. The third kappa shape index (κ3) is 5.55. The van der Waals surface area contributed by atoms with Crippen molar-refractivity contribution in [2.45, 2.75) is 18.9 Å². The zero-order valence-electron chi connectivity index (χ0n) is 21.7. The van der Waals surface area contributed by atoms with Crippen LogP contribution in [0, 0.1) is 0 Å². The van der Waals surface area contributed by atoms with E-state index in [1.165, 1.54) is 0 Å². The molecule has 2 aliphatic rings. The quantitative estimate of drug-likeness (QED) is 0.356. The zero-order valence-corrected chi connectivity index (χ0v) is 21.7. The van der Waals surface area contributed by atoms with Gasteiger partial charge in [-0.1, -0.05) is 6.07 Å². The van der Waals surface area contributed by atoms with E-state index in [1.807, 2.05) is 24.3 Å². The number of anilines is 1. The lowest BCUT2D eigenvalue weighted by atomic mass is 10.1. The first-order valence-electron chi connectivity index (χ1n) is 13.1. The van der Waals surface area contributed by atoms with E-state index in [2.05, 4.69) is 25.2 Å². The number of imidazole rings is 1. The van der Waals surface area contributed by atoms with Gasteiger partial charge in [-0.15, -0.1) is 0 Å². The summed E-state index contributed by atoms with van der Waals surface area (Å²) in [6, 6.07) is 10.8. The van der Waals surface area contributed by atoms with Crippen LogP contribution in [0.5, 0.6) is 11.5 Å². The van der Waals surface area contributed by atoms with Crippen LogP contribution in [-0.2, 0) is 11.2 Å². The molecule has 5 heterocycles. The van der Waals surface area contributed by atoms with E-state index in [4.69, 9.17) is 14.5 Å². The molecule has 0 aliphatic carbocycles. The van der Waals surface area contributed by atoms with Crippen molar-refractivity contribution in [2.75, 3.05) is 37.9 Å². The number of nitrogens with one attached hydrogen (secondary N) is 1. The molecule has 1 fully saturated rings. The van der Waals surface area contributed by atoms with E-state index in [-0.39, 0.29) is 31.1 Å². The summed E-state index contributed by atoms with van der Waals surface area (Å²) < 4.78 is 12.5. The van der Waals surface area contributed by atoms with Crippen molar-refractivity contribution in [1.29, 1.82) is 0 Å². The Morgan fingerprint density at radius 2 is 1.95 bits per heavy atom.